The van der Waals surface area contributed by atoms with E-state index in [0.717, 1.165) is 11.8 Å². The molecule has 8 heavy (non-hydrogen) atoms. The Morgan fingerprint density at radius 1 is 1.75 bits per heavy atom. The lowest BCUT2D eigenvalue weighted by molar-refractivity contribution is -0.109. The number of hydrogen-bond donors (Lipinski definition) is 0. The van der Waals surface area contributed by atoms with Crippen molar-refractivity contribution in [2.24, 2.45) is 0 Å². The Morgan fingerprint density at radius 2 is 2.38 bits per heavy atom. The molecule has 0 aromatic heterocycles. The van der Waals surface area contributed by atoms with Gasteiger partial charge in [-0.15, -0.1) is 0 Å². The van der Waals surface area contributed by atoms with Gasteiger partial charge in [-0.1, -0.05) is 6.58 Å². The number of carbonyl (C=O) groups is 1. The van der Waals surface area contributed by atoms with Crippen LogP contribution < -0.4 is 0 Å². The van der Waals surface area contributed by atoms with Crippen molar-refractivity contribution >= 4 is 33.5 Å². The minimum atomic E-state index is -0.185. The van der Waals surface area contributed by atoms with Gasteiger partial charge in [0.1, 0.15) is 0 Å². The van der Waals surface area contributed by atoms with Crippen molar-refractivity contribution in [2.75, 3.05) is 0 Å². The molecule has 0 aromatic rings. The second-order valence-electron chi connectivity index (χ2n) is 1.16. The summed E-state index contributed by atoms with van der Waals surface area (Å²) in [7, 11) is 0. The van der Waals surface area contributed by atoms with E-state index >= 15 is 0 Å². The van der Waals surface area contributed by atoms with E-state index < -0.39 is 0 Å². The van der Waals surface area contributed by atoms with Crippen LogP contribution in [-0.2, 0) is 9.53 Å². The highest BCUT2D eigenvalue weighted by molar-refractivity contribution is 8.33. The van der Waals surface area contributed by atoms with Gasteiger partial charge >= 0.3 is 0 Å². The molecule has 2 nitrogen and oxygen atoms in total. The number of ether oxygens (including phenoxy) is 1. The molecular formula is C4H2O2S2. The maximum absolute atomic E-state index is 10.4. The summed E-state index contributed by atoms with van der Waals surface area (Å²) in [6, 6.07) is 0. The van der Waals surface area contributed by atoms with Crippen molar-refractivity contribution in [3.8, 4) is 0 Å². The molecule has 0 aliphatic carbocycles. The van der Waals surface area contributed by atoms with Crippen molar-refractivity contribution in [1.82, 2.24) is 0 Å². The number of hydrogen-bond acceptors (Lipinski definition) is 4. The summed E-state index contributed by atoms with van der Waals surface area (Å²) in [6.45, 7) is 3.31. The molecule has 1 rings (SSSR count). The van der Waals surface area contributed by atoms with Crippen molar-refractivity contribution < 1.29 is 9.53 Å². The van der Waals surface area contributed by atoms with Gasteiger partial charge in [0.05, 0.1) is 0 Å². The number of carbonyl (C=O) groups excluding carboxylic acids is 1. The van der Waals surface area contributed by atoms with Gasteiger partial charge in [-0.05, 0) is 12.2 Å². The van der Waals surface area contributed by atoms with Gasteiger partial charge in [0.15, 0.2) is 5.76 Å². The third-order valence-corrected chi connectivity index (χ3v) is 1.61. The number of rotatable bonds is 0. The molecule has 1 aliphatic heterocycles. The first kappa shape index (κ1) is 5.78. The average molecular weight is 146 g/mol. The van der Waals surface area contributed by atoms with E-state index in [1.807, 2.05) is 0 Å². The zero-order chi connectivity index (χ0) is 6.15. The summed E-state index contributed by atoms with van der Waals surface area (Å²) in [5.74, 6) is 0.139. The van der Waals surface area contributed by atoms with Gasteiger partial charge in [0.2, 0.25) is 4.38 Å². The molecule has 0 atom stereocenters. The molecule has 42 valence electrons. The van der Waals surface area contributed by atoms with Gasteiger partial charge in [-0.2, -0.15) is 0 Å². The molecule has 1 saturated heterocycles. The second-order valence-corrected chi connectivity index (χ2v) is 2.74. The molecule has 1 aliphatic rings. The molecule has 0 bridgehead atoms. The van der Waals surface area contributed by atoms with Crippen LogP contribution in [0, 0.1) is 0 Å². The highest BCUT2D eigenvalue weighted by Crippen LogP contribution is 2.22. The van der Waals surface area contributed by atoms with E-state index in [2.05, 4.69) is 23.5 Å². The fourth-order valence-corrected chi connectivity index (χ4v) is 1.07. The predicted octanol–water partition coefficient (Wildman–Crippen LogP) is 1.07. The van der Waals surface area contributed by atoms with E-state index in [1.54, 1.807) is 0 Å². The molecule has 0 aromatic carbocycles. The second kappa shape index (κ2) is 1.87. The first-order chi connectivity index (χ1) is 3.70. The lowest BCUT2D eigenvalue weighted by Crippen LogP contribution is -1.85. The molecule has 1 heterocycles. The molecule has 0 amide bonds. The molecule has 4 heteroatoms. The fourth-order valence-electron chi connectivity index (χ4n) is 0.296. The molecule has 0 unspecified atom stereocenters. The van der Waals surface area contributed by atoms with Crippen molar-refractivity contribution in [2.45, 2.75) is 0 Å². The maximum Gasteiger partial charge on any atom is 0.262 e. The van der Waals surface area contributed by atoms with Crippen molar-refractivity contribution in [1.29, 1.82) is 0 Å². The van der Waals surface area contributed by atoms with E-state index in [-0.39, 0.29) is 15.3 Å². The first-order valence-electron chi connectivity index (χ1n) is 1.83. The third-order valence-electron chi connectivity index (χ3n) is 0.610. The normalized spacial score (nSPS) is 19.2. The summed E-state index contributed by atoms with van der Waals surface area (Å²) in [5, 5.41) is -0.185. The van der Waals surface area contributed by atoms with Crippen LogP contribution in [0.2, 0.25) is 0 Å². The van der Waals surface area contributed by atoms with Gasteiger partial charge in [0.25, 0.3) is 5.12 Å². The minimum absolute atomic E-state index is 0.139. The van der Waals surface area contributed by atoms with Crippen molar-refractivity contribution in [3.63, 3.8) is 0 Å². The highest BCUT2D eigenvalue weighted by atomic mass is 32.2. The van der Waals surface area contributed by atoms with Crippen LogP contribution >= 0.6 is 24.0 Å². The Kier molecular flexibility index (Phi) is 1.35. The molecular weight excluding hydrogens is 144 g/mol. The predicted molar refractivity (Wildman–Crippen MR) is 35.4 cm³/mol. The van der Waals surface area contributed by atoms with Crippen LogP contribution in [0.5, 0.6) is 0 Å². The summed E-state index contributed by atoms with van der Waals surface area (Å²) in [6.07, 6.45) is 0. The summed E-state index contributed by atoms with van der Waals surface area (Å²) in [4.78, 5) is 10.4. The topological polar surface area (TPSA) is 26.3 Å². The standard InChI is InChI=1S/C4H2O2S2/c1-2-3(5)8-4(7)6-2/h1H2. The molecule has 1 fully saturated rings. The SMILES string of the molecule is C=C1OC(=S)SC1=O. The Morgan fingerprint density at radius 3 is 2.50 bits per heavy atom. The largest absolute Gasteiger partial charge is 0.435 e. The Balaban J connectivity index is 2.79. The third kappa shape index (κ3) is 0.900. The Bertz CT molecular complexity index is 155. The average Bonchev–Trinajstić information content (AvgIpc) is 1.85. The minimum Gasteiger partial charge on any atom is -0.435 e. The first-order valence-corrected chi connectivity index (χ1v) is 3.05. The summed E-state index contributed by atoms with van der Waals surface area (Å²) < 4.78 is 4.87. The smallest absolute Gasteiger partial charge is 0.262 e. The van der Waals surface area contributed by atoms with Gasteiger partial charge in [-0.3, -0.25) is 4.79 Å². The van der Waals surface area contributed by atoms with E-state index in [4.69, 9.17) is 0 Å². The van der Waals surface area contributed by atoms with E-state index in [1.165, 1.54) is 0 Å². The van der Waals surface area contributed by atoms with Crippen LogP contribution in [0.1, 0.15) is 0 Å². The van der Waals surface area contributed by atoms with E-state index in [0.29, 0.717) is 0 Å². The fraction of sp³-hybridized carbons (Fsp3) is 0. The van der Waals surface area contributed by atoms with Crippen LogP contribution in [0.3, 0.4) is 0 Å². The van der Waals surface area contributed by atoms with Gasteiger partial charge in [-0.25, -0.2) is 0 Å². The van der Waals surface area contributed by atoms with Crippen LogP contribution in [0.25, 0.3) is 0 Å². The lowest BCUT2D eigenvalue weighted by atomic mass is 10.6. The van der Waals surface area contributed by atoms with Crippen LogP contribution in [0.15, 0.2) is 12.3 Å². The monoisotopic (exact) mass is 146 g/mol. The summed E-state index contributed by atoms with van der Waals surface area (Å²) in [5.41, 5.74) is 0. The van der Waals surface area contributed by atoms with Crippen molar-refractivity contribution in [3.05, 3.63) is 12.3 Å². The highest BCUT2D eigenvalue weighted by Gasteiger charge is 2.22. The molecule has 0 spiro atoms. The molecule has 0 saturated carbocycles. The number of thiocarbonyl (C=S) groups is 1. The lowest BCUT2D eigenvalue weighted by Gasteiger charge is -1.85. The zero-order valence-corrected chi connectivity index (χ0v) is 5.47. The number of thioether (sulfide) groups is 1. The zero-order valence-electron chi connectivity index (χ0n) is 3.84. The summed E-state index contributed by atoms with van der Waals surface area (Å²) >= 11 is 5.43. The van der Waals surface area contributed by atoms with Crippen LogP contribution in [0.4, 0.5) is 0 Å². The van der Waals surface area contributed by atoms with Gasteiger partial charge < -0.3 is 4.74 Å². The Labute approximate surface area is 55.9 Å². The Hall–Kier alpha value is -0.350. The molecule has 0 radical (unpaired) electrons. The van der Waals surface area contributed by atoms with Gasteiger partial charge in [0, 0.05) is 11.8 Å². The molecule has 0 N–H and O–H groups in total. The van der Waals surface area contributed by atoms with E-state index in [9.17, 15) is 4.79 Å². The maximum atomic E-state index is 10.4. The van der Waals surface area contributed by atoms with Crippen LogP contribution in [-0.4, -0.2) is 9.50 Å². The quantitative estimate of drug-likeness (QED) is 0.377.